The van der Waals surface area contributed by atoms with Gasteiger partial charge in [-0.25, -0.2) is 19.2 Å². The summed E-state index contributed by atoms with van der Waals surface area (Å²) in [5.74, 6) is -1.36. The van der Waals surface area contributed by atoms with Gasteiger partial charge in [-0.3, -0.25) is 9.59 Å². The molecule has 0 spiro atoms. The maximum atomic E-state index is 14.4. The number of carbonyl (C=O) groups is 3. The molecule has 1 aromatic rings. The minimum absolute atomic E-state index is 0.0132. The van der Waals surface area contributed by atoms with Gasteiger partial charge in [-0.05, 0) is 12.1 Å². The Labute approximate surface area is 155 Å². The molecule has 2 saturated heterocycles. The van der Waals surface area contributed by atoms with Crippen LogP contribution < -0.4 is 21.0 Å². The summed E-state index contributed by atoms with van der Waals surface area (Å²) in [6.07, 6.45) is -1.41. The number of cyclic esters (lactones) is 1. The second kappa shape index (κ2) is 8.31. The summed E-state index contributed by atoms with van der Waals surface area (Å²) in [7, 11) is 0. The number of benzene rings is 1. The van der Waals surface area contributed by atoms with Gasteiger partial charge in [0.1, 0.15) is 23.7 Å². The molecule has 0 radical (unpaired) electrons. The first-order chi connectivity index (χ1) is 13.0. The third-order valence-corrected chi connectivity index (χ3v) is 4.30. The smallest absolute Gasteiger partial charge is 0.429 e. The Balaban J connectivity index is 1.85. The number of nitrogens with one attached hydrogen (secondary N) is 3. The second-order valence-corrected chi connectivity index (χ2v) is 6.34. The van der Waals surface area contributed by atoms with E-state index >= 15 is 0 Å². The predicted molar refractivity (Wildman–Crippen MR) is 94.2 cm³/mol. The lowest BCUT2D eigenvalue weighted by atomic mass is 10.2. The summed E-state index contributed by atoms with van der Waals surface area (Å²) in [6.45, 7) is 3.14. The van der Waals surface area contributed by atoms with Crippen molar-refractivity contribution in [1.29, 1.82) is 0 Å². The number of piperazine rings is 1. The number of ether oxygens (including phenoxy) is 1. The quantitative estimate of drug-likeness (QED) is 0.643. The number of hydrazine groups is 1. The Bertz CT molecular complexity index is 725. The highest BCUT2D eigenvalue weighted by molar-refractivity contribution is 5.99. The average Bonchev–Trinajstić information content (AvgIpc) is 3.03. The maximum absolute atomic E-state index is 14.4. The van der Waals surface area contributed by atoms with E-state index in [1.165, 1.54) is 25.1 Å². The van der Waals surface area contributed by atoms with E-state index in [1.54, 1.807) is 6.07 Å². The number of carbonyl (C=O) groups excluding carboxylic acids is 3. The van der Waals surface area contributed by atoms with Gasteiger partial charge in [0, 0.05) is 26.6 Å². The first-order valence-electron chi connectivity index (χ1n) is 8.72. The van der Waals surface area contributed by atoms with Crippen molar-refractivity contribution in [1.82, 2.24) is 21.0 Å². The molecule has 2 aliphatic rings. The minimum atomic E-state index is -0.772. The molecule has 3 rings (SSSR count). The van der Waals surface area contributed by atoms with Gasteiger partial charge in [0.25, 0.3) is 5.91 Å². The molecule has 0 aromatic heterocycles. The molecule has 0 unspecified atom stereocenters. The molecule has 1 aromatic carbocycles. The summed E-state index contributed by atoms with van der Waals surface area (Å²) < 4.78 is 19.7. The van der Waals surface area contributed by atoms with Gasteiger partial charge in [-0.15, -0.1) is 0 Å². The van der Waals surface area contributed by atoms with Crippen LogP contribution in [0.4, 0.5) is 14.9 Å². The van der Waals surface area contributed by atoms with E-state index in [1.807, 2.05) is 0 Å². The topological polar surface area (TPSA) is 103 Å². The third-order valence-electron chi connectivity index (χ3n) is 4.30. The molecule has 9 nitrogen and oxygen atoms in total. The average molecular weight is 379 g/mol. The summed E-state index contributed by atoms with van der Waals surface area (Å²) in [6, 6.07) is 5.13. The van der Waals surface area contributed by atoms with E-state index in [9.17, 15) is 18.8 Å². The van der Waals surface area contributed by atoms with Crippen molar-refractivity contribution in [3.63, 3.8) is 0 Å². The zero-order valence-electron chi connectivity index (χ0n) is 14.9. The van der Waals surface area contributed by atoms with Crippen molar-refractivity contribution >= 4 is 23.6 Å². The van der Waals surface area contributed by atoms with Crippen molar-refractivity contribution < 1.29 is 23.5 Å². The van der Waals surface area contributed by atoms with Crippen molar-refractivity contribution in [2.75, 3.05) is 37.7 Å². The van der Waals surface area contributed by atoms with Crippen molar-refractivity contribution in [2.24, 2.45) is 0 Å². The lowest BCUT2D eigenvalue weighted by molar-refractivity contribution is -0.123. The van der Waals surface area contributed by atoms with Gasteiger partial charge in [0.15, 0.2) is 0 Å². The molecule has 0 aliphatic carbocycles. The Morgan fingerprint density at radius 3 is 2.81 bits per heavy atom. The normalized spacial score (nSPS) is 22.3. The molecule has 0 bridgehead atoms. The summed E-state index contributed by atoms with van der Waals surface area (Å²) in [4.78, 5) is 36.6. The van der Waals surface area contributed by atoms with Crippen LogP contribution in [0.15, 0.2) is 24.3 Å². The van der Waals surface area contributed by atoms with Crippen LogP contribution in [0.5, 0.6) is 0 Å². The number of hydrogen-bond acceptors (Lipinski definition) is 6. The number of rotatable bonds is 5. The van der Waals surface area contributed by atoms with Crippen LogP contribution in [0, 0.1) is 5.82 Å². The molecule has 3 amide bonds. The maximum Gasteiger partial charge on any atom is 0.429 e. The Morgan fingerprint density at radius 1 is 1.37 bits per heavy atom. The molecule has 27 heavy (non-hydrogen) atoms. The van der Waals surface area contributed by atoms with Crippen LogP contribution in [0.3, 0.4) is 0 Å². The highest BCUT2D eigenvalue weighted by Gasteiger charge is 2.41. The Hall–Kier alpha value is -2.72. The summed E-state index contributed by atoms with van der Waals surface area (Å²) in [5, 5.41) is 10.8. The van der Waals surface area contributed by atoms with Crippen LogP contribution in [0.1, 0.15) is 6.92 Å². The number of nitrogens with zero attached hydrogens (tertiary/aromatic N) is 2. The van der Waals surface area contributed by atoms with Crippen LogP contribution >= 0.6 is 0 Å². The minimum Gasteiger partial charge on any atom is -0.441 e. The SMILES string of the molecule is CC(=O)NC[C@H]1CN(N(C(=O)[C@@H]2CNCCN2)c2ccccc2F)C(=O)O1. The molecular weight excluding hydrogens is 357 g/mol. The largest absolute Gasteiger partial charge is 0.441 e. The van der Waals surface area contributed by atoms with E-state index in [0.29, 0.717) is 19.6 Å². The highest BCUT2D eigenvalue weighted by atomic mass is 19.1. The van der Waals surface area contributed by atoms with Gasteiger partial charge in [-0.1, -0.05) is 12.1 Å². The fourth-order valence-corrected chi connectivity index (χ4v) is 3.00. The van der Waals surface area contributed by atoms with Gasteiger partial charge < -0.3 is 20.7 Å². The van der Waals surface area contributed by atoms with Crippen molar-refractivity contribution in [3.8, 4) is 0 Å². The molecule has 10 heteroatoms. The van der Waals surface area contributed by atoms with E-state index in [2.05, 4.69) is 16.0 Å². The predicted octanol–water partition coefficient (Wildman–Crippen LogP) is -0.408. The first-order valence-corrected chi connectivity index (χ1v) is 8.72. The second-order valence-electron chi connectivity index (χ2n) is 6.34. The lowest BCUT2D eigenvalue weighted by Gasteiger charge is -2.34. The van der Waals surface area contributed by atoms with Crippen molar-refractivity contribution in [3.05, 3.63) is 30.1 Å². The molecule has 2 atom stereocenters. The molecule has 146 valence electrons. The highest BCUT2D eigenvalue weighted by Crippen LogP contribution is 2.25. The van der Waals surface area contributed by atoms with Crippen LogP contribution in [0.2, 0.25) is 0 Å². The molecule has 3 N–H and O–H groups in total. The fourth-order valence-electron chi connectivity index (χ4n) is 3.00. The Kier molecular flexibility index (Phi) is 5.87. The monoisotopic (exact) mass is 379 g/mol. The van der Waals surface area contributed by atoms with E-state index < -0.39 is 30.0 Å². The zero-order chi connectivity index (χ0) is 19.4. The molecular formula is C17H22FN5O4. The van der Waals surface area contributed by atoms with Gasteiger partial charge in [0.05, 0.1) is 13.1 Å². The lowest BCUT2D eigenvalue weighted by Crippen LogP contribution is -2.60. The molecule has 2 heterocycles. The van der Waals surface area contributed by atoms with Crippen LogP contribution in [0.25, 0.3) is 0 Å². The third kappa shape index (κ3) is 4.34. The number of amides is 3. The van der Waals surface area contributed by atoms with Crippen LogP contribution in [-0.2, 0) is 14.3 Å². The van der Waals surface area contributed by atoms with E-state index in [4.69, 9.17) is 4.74 Å². The number of hydrogen-bond donors (Lipinski definition) is 3. The molecule has 0 saturated carbocycles. The standard InChI is InChI=1S/C17H22FN5O4/c1-11(24)21-8-12-10-22(17(26)27-12)23(15-5-3-2-4-13(15)18)16(25)14-9-19-6-7-20-14/h2-5,12,14,19-20H,6-10H2,1H3,(H,21,24)/t12-,14-/m0/s1. The zero-order valence-corrected chi connectivity index (χ0v) is 14.9. The molecule has 2 aliphatic heterocycles. The summed E-state index contributed by atoms with van der Waals surface area (Å²) in [5.41, 5.74) is -0.0352. The molecule has 2 fully saturated rings. The van der Waals surface area contributed by atoms with Gasteiger partial charge in [0.2, 0.25) is 5.91 Å². The fraction of sp³-hybridized carbons (Fsp3) is 0.471. The van der Waals surface area contributed by atoms with Crippen LogP contribution in [-0.4, -0.2) is 67.8 Å². The number of para-hydroxylation sites is 1. The van der Waals surface area contributed by atoms with Gasteiger partial charge in [-0.2, -0.15) is 0 Å². The summed E-state index contributed by atoms with van der Waals surface area (Å²) >= 11 is 0. The van der Waals surface area contributed by atoms with Crippen molar-refractivity contribution in [2.45, 2.75) is 19.1 Å². The van der Waals surface area contributed by atoms with E-state index in [-0.39, 0.29) is 24.7 Å². The Morgan fingerprint density at radius 2 is 2.15 bits per heavy atom. The number of anilines is 1. The van der Waals surface area contributed by atoms with E-state index in [0.717, 1.165) is 10.0 Å². The first kappa shape index (κ1) is 19.1. The number of halogens is 1. The van der Waals surface area contributed by atoms with Gasteiger partial charge >= 0.3 is 6.09 Å².